The maximum atomic E-state index is 4.55. The van der Waals surface area contributed by atoms with Gasteiger partial charge in [-0.05, 0) is 32.6 Å². The molecule has 2 heterocycles. The molecular weight excluding hydrogens is 260 g/mol. The molecule has 2 aliphatic rings. The first-order chi connectivity index (χ1) is 10.0. The van der Waals surface area contributed by atoms with Crippen LogP contribution >= 0.6 is 0 Å². The number of nitrogens with one attached hydrogen (secondary N) is 1. The topological polar surface area (TPSA) is 33.1 Å². The van der Waals surface area contributed by atoms with E-state index in [1.165, 1.54) is 31.4 Å². The van der Waals surface area contributed by atoms with E-state index in [4.69, 9.17) is 0 Å². The van der Waals surface area contributed by atoms with Gasteiger partial charge in [0, 0.05) is 36.9 Å². The first kappa shape index (κ1) is 14.9. The van der Waals surface area contributed by atoms with Crippen LogP contribution in [0, 0.1) is 5.92 Å². The Balaban J connectivity index is 1.85. The van der Waals surface area contributed by atoms with Gasteiger partial charge in [-0.15, -0.1) is 0 Å². The van der Waals surface area contributed by atoms with Crippen molar-refractivity contribution < 1.29 is 0 Å². The summed E-state index contributed by atoms with van der Waals surface area (Å²) in [5, 5.41) is 8.44. The van der Waals surface area contributed by atoms with Crippen LogP contribution in [0.4, 0.5) is 5.69 Å². The van der Waals surface area contributed by atoms with Crippen molar-refractivity contribution in [2.24, 2.45) is 5.92 Å². The molecular formula is C17H30N4. The maximum Gasteiger partial charge on any atom is 0.0756 e. The van der Waals surface area contributed by atoms with Crippen LogP contribution in [-0.2, 0) is 0 Å². The van der Waals surface area contributed by atoms with Crippen molar-refractivity contribution in [3.05, 3.63) is 12.4 Å². The van der Waals surface area contributed by atoms with Gasteiger partial charge in [0.15, 0.2) is 0 Å². The molecule has 4 heteroatoms. The summed E-state index contributed by atoms with van der Waals surface area (Å²) < 4.78 is 2.08. The lowest BCUT2D eigenvalue weighted by molar-refractivity contribution is 0.245. The summed E-state index contributed by atoms with van der Waals surface area (Å²) in [6.45, 7) is 11.3. The summed E-state index contributed by atoms with van der Waals surface area (Å²) in [7, 11) is 0. The number of rotatable bonds is 3. The largest absolute Gasteiger partial charge is 0.363 e. The predicted octanol–water partition coefficient (Wildman–Crippen LogP) is 3.21. The fraction of sp³-hybridized carbons (Fsp3) is 0.824. The van der Waals surface area contributed by atoms with Gasteiger partial charge in [-0.2, -0.15) is 5.10 Å². The Bertz CT molecular complexity index is 471. The van der Waals surface area contributed by atoms with Gasteiger partial charge in [0.25, 0.3) is 0 Å². The lowest BCUT2D eigenvalue weighted by Crippen LogP contribution is -2.64. The maximum absolute atomic E-state index is 4.55. The van der Waals surface area contributed by atoms with Crippen molar-refractivity contribution in [1.29, 1.82) is 0 Å². The van der Waals surface area contributed by atoms with Gasteiger partial charge in [-0.3, -0.25) is 4.68 Å². The summed E-state index contributed by atoms with van der Waals surface area (Å²) in [5.74, 6) is 0.652. The van der Waals surface area contributed by atoms with E-state index in [9.17, 15) is 0 Å². The Morgan fingerprint density at radius 1 is 1.24 bits per heavy atom. The van der Waals surface area contributed by atoms with E-state index in [0.29, 0.717) is 23.5 Å². The van der Waals surface area contributed by atoms with Crippen LogP contribution in [0.25, 0.3) is 0 Å². The average molecular weight is 290 g/mol. The number of aromatic nitrogens is 2. The summed E-state index contributed by atoms with van der Waals surface area (Å²) in [6, 6.07) is 1.00. The molecule has 0 bridgehead atoms. The molecule has 0 amide bonds. The normalized spacial score (nSPS) is 25.4. The van der Waals surface area contributed by atoms with E-state index in [-0.39, 0.29) is 0 Å². The monoisotopic (exact) mass is 290 g/mol. The van der Waals surface area contributed by atoms with E-state index in [2.05, 4.69) is 60.1 Å². The fourth-order valence-electron chi connectivity index (χ4n) is 3.95. The highest BCUT2D eigenvalue weighted by atomic mass is 15.3. The zero-order chi connectivity index (χ0) is 15.0. The van der Waals surface area contributed by atoms with Crippen molar-refractivity contribution in [1.82, 2.24) is 15.1 Å². The van der Waals surface area contributed by atoms with E-state index in [0.717, 1.165) is 13.1 Å². The summed E-state index contributed by atoms with van der Waals surface area (Å²) in [6.07, 6.45) is 9.69. The molecule has 1 aromatic heterocycles. The van der Waals surface area contributed by atoms with Gasteiger partial charge in [0.1, 0.15) is 0 Å². The predicted molar refractivity (Wildman–Crippen MR) is 87.8 cm³/mol. The highest BCUT2D eigenvalue weighted by molar-refractivity contribution is 5.46. The number of anilines is 1. The second-order valence-electron chi connectivity index (χ2n) is 7.58. The minimum Gasteiger partial charge on any atom is -0.363 e. The van der Waals surface area contributed by atoms with Crippen LogP contribution in [0.5, 0.6) is 0 Å². The average Bonchev–Trinajstić information content (AvgIpc) is 3.08. The quantitative estimate of drug-likeness (QED) is 0.928. The van der Waals surface area contributed by atoms with Crippen molar-refractivity contribution in [2.75, 3.05) is 18.0 Å². The molecule has 0 radical (unpaired) electrons. The van der Waals surface area contributed by atoms with E-state index in [1.54, 1.807) is 0 Å². The third kappa shape index (κ3) is 2.83. The molecule has 1 atom stereocenters. The van der Waals surface area contributed by atoms with Crippen LogP contribution < -0.4 is 10.2 Å². The van der Waals surface area contributed by atoms with Gasteiger partial charge in [0.05, 0.1) is 11.9 Å². The minimum absolute atomic E-state index is 0.353. The Morgan fingerprint density at radius 2 is 1.95 bits per heavy atom. The molecule has 1 aliphatic heterocycles. The smallest absolute Gasteiger partial charge is 0.0756 e. The van der Waals surface area contributed by atoms with Crippen LogP contribution in [0.3, 0.4) is 0 Å². The molecule has 1 saturated carbocycles. The highest BCUT2D eigenvalue weighted by Crippen LogP contribution is 2.36. The van der Waals surface area contributed by atoms with E-state index in [1.807, 2.05) is 0 Å². The third-order valence-corrected chi connectivity index (χ3v) is 5.34. The zero-order valence-electron chi connectivity index (χ0n) is 14.0. The third-order valence-electron chi connectivity index (χ3n) is 5.34. The van der Waals surface area contributed by atoms with E-state index >= 15 is 0 Å². The van der Waals surface area contributed by atoms with E-state index < -0.39 is 0 Å². The lowest BCUT2D eigenvalue weighted by atomic mass is 9.89. The second-order valence-corrected chi connectivity index (χ2v) is 7.58. The number of hydrogen-bond donors (Lipinski definition) is 1. The Labute approximate surface area is 128 Å². The van der Waals surface area contributed by atoms with Crippen molar-refractivity contribution in [3.8, 4) is 0 Å². The molecule has 1 unspecified atom stereocenters. The standard InChI is InChI=1S/C17H30N4/c1-13(2)16-10-18-17(7-5-6-8-17)12-20(16)15-9-19-21(11-15)14(3)4/h9,11,13-14,16,18H,5-8,10,12H2,1-4H3. The Morgan fingerprint density at radius 3 is 2.52 bits per heavy atom. The van der Waals surface area contributed by atoms with Gasteiger partial charge < -0.3 is 10.2 Å². The van der Waals surface area contributed by atoms with Crippen molar-refractivity contribution >= 4 is 5.69 Å². The molecule has 4 nitrogen and oxygen atoms in total. The minimum atomic E-state index is 0.353. The second kappa shape index (κ2) is 5.64. The summed E-state index contributed by atoms with van der Waals surface area (Å²) in [4.78, 5) is 2.62. The van der Waals surface area contributed by atoms with Crippen molar-refractivity contribution in [3.63, 3.8) is 0 Å². The molecule has 1 aliphatic carbocycles. The lowest BCUT2D eigenvalue weighted by Gasteiger charge is -2.48. The highest BCUT2D eigenvalue weighted by Gasteiger charge is 2.42. The molecule has 3 rings (SSSR count). The van der Waals surface area contributed by atoms with Crippen LogP contribution in [0.1, 0.15) is 59.4 Å². The van der Waals surface area contributed by atoms with Gasteiger partial charge >= 0.3 is 0 Å². The summed E-state index contributed by atoms with van der Waals surface area (Å²) in [5.41, 5.74) is 1.65. The first-order valence-corrected chi connectivity index (χ1v) is 8.57. The van der Waals surface area contributed by atoms with Crippen molar-refractivity contribution in [2.45, 2.75) is 71.0 Å². The fourth-order valence-corrected chi connectivity index (χ4v) is 3.95. The molecule has 21 heavy (non-hydrogen) atoms. The molecule has 0 aromatic carbocycles. The first-order valence-electron chi connectivity index (χ1n) is 8.57. The van der Waals surface area contributed by atoms with Gasteiger partial charge in [-0.25, -0.2) is 0 Å². The molecule has 2 fully saturated rings. The van der Waals surface area contributed by atoms with Crippen LogP contribution in [-0.4, -0.2) is 34.5 Å². The summed E-state index contributed by atoms with van der Waals surface area (Å²) >= 11 is 0. The Kier molecular flexibility index (Phi) is 4.00. The van der Waals surface area contributed by atoms with Crippen LogP contribution in [0.15, 0.2) is 12.4 Å². The molecule has 1 N–H and O–H groups in total. The molecule has 1 saturated heterocycles. The van der Waals surface area contributed by atoms with Crippen LogP contribution in [0.2, 0.25) is 0 Å². The Hall–Kier alpha value is -1.03. The zero-order valence-corrected chi connectivity index (χ0v) is 14.0. The number of piperazine rings is 1. The molecule has 1 spiro atoms. The number of nitrogens with zero attached hydrogens (tertiary/aromatic N) is 3. The molecule has 118 valence electrons. The van der Waals surface area contributed by atoms with Gasteiger partial charge in [0.2, 0.25) is 0 Å². The molecule has 1 aromatic rings. The number of hydrogen-bond acceptors (Lipinski definition) is 3. The van der Waals surface area contributed by atoms with Gasteiger partial charge in [-0.1, -0.05) is 26.7 Å². The SMILES string of the molecule is CC(C)C1CNC2(CCCC2)CN1c1cnn(C(C)C)c1.